The summed E-state index contributed by atoms with van der Waals surface area (Å²) in [6, 6.07) is 0. The third kappa shape index (κ3) is 18.5. The topological polar surface area (TPSA) is 12.5 Å². The van der Waals surface area contributed by atoms with Crippen LogP contribution in [0.1, 0.15) is 122 Å². The molecule has 0 aliphatic carbocycles. The van der Waals surface area contributed by atoms with Crippen LogP contribution in [0, 0.1) is 0 Å². The Hall–Kier alpha value is -0.0800. The van der Waals surface area contributed by atoms with Gasteiger partial charge in [0.2, 0.25) is 0 Å². The van der Waals surface area contributed by atoms with E-state index in [9.17, 15) is 0 Å². The Bertz CT molecular complexity index is 242. The Balaban J connectivity index is 3.09. The summed E-state index contributed by atoms with van der Waals surface area (Å²) in [6.07, 6.45) is 25.9. The third-order valence-electron chi connectivity index (χ3n) is 5.40. The van der Waals surface area contributed by atoms with Gasteiger partial charge in [-0.3, -0.25) is 4.90 Å². The summed E-state index contributed by atoms with van der Waals surface area (Å²) in [5.74, 6) is 0. The van der Waals surface area contributed by atoms with Gasteiger partial charge in [0.15, 0.2) is 0 Å². The molecule has 0 rings (SSSR count). The molecule has 0 bridgehead atoms. The molecular formula is C23H49NO. The zero-order chi connectivity index (χ0) is 18.6. The molecule has 1 unspecified atom stereocenters. The largest absolute Gasteiger partial charge is 0.366 e. The second-order valence-corrected chi connectivity index (χ2v) is 8.10. The first-order chi connectivity index (χ1) is 12.2. The van der Waals surface area contributed by atoms with E-state index < -0.39 is 0 Å². The molecule has 0 heterocycles. The van der Waals surface area contributed by atoms with E-state index >= 15 is 0 Å². The quantitative estimate of drug-likeness (QED) is 0.165. The highest BCUT2D eigenvalue weighted by atomic mass is 16.5. The number of ether oxygens (including phenoxy) is 1. The Morgan fingerprint density at radius 3 is 1.16 bits per heavy atom. The normalized spacial score (nSPS) is 12.8. The van der Waals surface area contributed by atoms with Crippen molar-refractivity contribution >= 4 is 0 Å². The van der Waals surface area contributed by atoms with Crippen molar-refractivity contribution in [3.8, 4) is 0 Å². The maximum atomic E-state index is 5.47. The Morgan fingerprint density at radius 2 is 0.880 bits per heavy atom. The summed E-state index contributed by atoms with van der Waals surface area (Å²) in [7, 11) is 6.02. The molecule has 1 atom stereocenters. The van der Waals surface area contributed by atoms with Gasteiger partial charge >= 0.3 is 0 Å². The van der Waals surface area contributed by atoms with Gasteiger partial charge in [-0.25, -0.2) is 0 Å². The minimum Gasteiger partial charge on any atom is -0.366 e. The SMILES string of the molecule is CCCCCCCCCCCCCCCCCCCC(OC)N(C)C. The van der Waals surface area contributed by atoms with Gasteiger partial charge in [0.25, 0.3) is 0 Å². The Morgan fingerprint density at radius 1 is 0.560 bits per heavy atom. The molecule has 0 aromatic rings. The van der Waals surface area contributed by atoms with Gasteiger partial charge in [-0.1, -0.05) is 110 Å². The van der Waals surface area contributed by atoms with Crippen LogP contribution in [-0.2, 0) is 4.74 Å². The van der Waals surface area contributed by atoms with Crippen molar-refractivity contribution in [2.24, 2.45) is 0 Å². The summed E-state index contributed by atoms with van der Waals surface area (Å²) in [6.45, 7) is 2.30. The van der Waals surface area contributed by atoms with Crippen molar-refractivity contribution in [2.45, 2.75) is 129 Å². The minimum atomic E-state index is 0.302. The van der Waals surface area contributed by atoms with E-state index in [0.29, 0.717) is 6.23 Å². The van der Waals surface area contributed by atoms with Gasteiger partial charge < -0.3 is 4.74 Å². The van der Waals surface area contributed by atoms with Crippen LogP contribution >= 0.6 is 0 Å². The molecule has 0 aliphatic rings. The molecule has 2 nitrogen and oxygen atoms in total. The van der Waals surface area contributed by atoms with Crippen molar-refractivity contribution in [2.75, 3.05) is 21.2 Å². The second kappa shape index (κ2) is 20.2. The maximum absolute atomic E-state index is 5.47. The molecule has 25 heavy (non-hydrogen) atoms. The van der Waals surface area contributed by atoms with Gasteiger partial charge in [-0.15, -0.1) is 0 Å². The van der Waals surface area contributed by atoms with E-state index in [1.54, 1.807) is 0 Å². The van der Waals surface area contributed by atoms with Gasteiger partial charge in [-0.05, 0) is 26.9 Å². The summed E-state index contributed by atoms with van der Waals surface area (Å²) >= 11 is 0. The van der Waals surface area contributed by atoms with Crippen molar-refractivity contribution in [3.05, 3.63) is 0 Å². The molecule has 0 saturated carbocycles. The van der Waals surface area contributed by atoms with Crippen LogP contribution in [0.25, 0.3) is 0 Å². The molecule has 2 heteroatoms. The van der Waals surface area contributed by atoms with E-state index in [0.717, 1.165) is 0 Å². The van der Waals surface area contributed by atoms with Crippen LogP contribution in [0.5, 0.6) is 0 Å². The maximum Gasteiger partial charge on any atom is 0.109 e. The van der Waals surface area contributed by atoms with Gasteiger partial charge in [0, 0.05) is 7.11 Å². The van der Waals surface area contributed by atoms with E-state index in [1.807, 2.05) is 7.11 Å². The van der Waals surface area contributed by atoms with Crippen LogP contribution in [0.4, 0.5) is 0 Å². The second-order valence-electron chi connectivity index (χ2n) is 8.10. The fourth-order valence-electron chi connectivity index (χ4n) is 3.63. The monoisotopic (exact) mass is 355 g/mol. The highest BCUT2D eigenvalue weighted by Gasteiger charge is 2.08. The minimum absolute atomic E-state index is 0.302. The molecule has 0 radical (unpaired) electrons. The number of nitrogens with zero attached hydrogens (tertiary/aromatic N) is 1. The van der Waals surface area contributed by atoms with Gasteiger partial charge in [0.1, 0.15) is 6.23 Å². The van der Waals surface area contributed by atoms with Gasteiger partial charge in [-0.2, -0.15) is 0 Å². The molecule has 0 fully saturated rings. The predicted octanol–water partition coefficient (Wildman–Crippen LogP) is 7.56. The van der Waals surface area contributed by atoms with Crippen LogP contribution in [0.3, 0.4) is 0 Å². The van der Waals surface area contributed by atoms with Crippen molar-refractivity contribution in [1.29, 1.82) is 0 Å². The predicted molar refractivity (Wildman–Crippen MR) is 113 cm³/mol. The molecule has 0 aromatic heterocycles. The first-order valence-corrected chi connectivity index (χ1v) is 11.4. The van der Waals surface area contributed by atoms with E-state index in [2.05, 4.69) is 25.9 Å². The average Bonchev–Trinajstić information content (AvgIpc) is 2.60. The first kappa shape index (κ1) is 24.9. The van der Waals surface area contributed by atoms with Crippen LogP contribution < -0.4 is 0 Å². The lowest BCUT2D eigenvalue weighted by Gasteiger charge is -2.22. The lowest BCUT2D eigenvalue weighted by atomic mass is 10.0. The summed E-state index contributed by atoms with van der Waals surface area (Å²) < 4.78 is 5.47. The Labute approximate surface area is 160 Å². The molecular weight excluding hydrogens is 306 g/mol. The number of methoxy groups -OCH3 is 1. The fourth-order valence-corrected chi connectivity index (χ4v) is 3.63. The smallest absolute Gasteiger partial charge is 0.109 e. The zero-order valence-electron chi connectivity index (χ0n) is 18.2. The fraction of sp³-hybridized carbons (Fsp3) is 1.00. The molecule has 0 spiro atoms. The van der Waals surface area contributed by atoms with E-state index in [4.69, 9.17) is 4.74 Å². The number of rotatable bonds is 20. The van der Waals surface area contributed by atoms with Crippen molar-refractivity contribution < 1.29 is 4.74 Å². The standard InChI is InChI=1S/C23H49NO/c1-5-6-7-8-9-10-11-12-13-14-15-16-17-18-19-20-21-22-23(25-4)24(2)3/h23H,5-22H2,1-4H3. The van der Waals surface area contributed by atoms with E-state index in [-0.39, 0.29) is 0 Å². The molecule has 152 valence electrons. The molecule has 0 saturated heterocycles. The van der Waals surface area contributed by atoms with Crippen LogP contribution in [0.2, 0.25) is 0 Å². The van der Waals surface area contributed by atoms with Gasteiger partial charge in [0.05, 0.1) is 0 Å². The number of hydrogen-bond donors (Lipinski definition) is 0. The lowest BCUT2D eigenvalue weighted by Crippen LogP contribution is -2.29. The molecule has 0 N–H and O–H groups in total. The summed E-state index contributed by atoms with van der Waals surface area (Å²) in [5.41, 5.74) is 0. The highest BCUT2D eigenvalue weighted by Crippen LogP contribution is 2.15. The highest BCUT2D eigenvalue weighted by molar-refractivity contribution is 4.55. The molecule has 0 aromatic carbocycles. The van der Waals surface area contributed by atoms with E-state index in [1.165, 1.54) is 116 Å². The zero-order valence-corrected chi connectivity index (χ0v) is 18.2. The lowest BCUT2D eigenvalue weighted by molar-refractivity contribution is -0.0108. The van der Waals surface area contributed by atoms with Crippen molar-refractivity contribution in [1.82, 2.24) is 4.90 Å². The summed E-state index contributed by atoms with van der Waals surface area (Å²) in [5, 5.41) is 0. The van der Waals surface area contributed by atoms with Crippen LogP contribution in [0.15, 0.2) is 0 Å². The van der Waals surface area contributed by atoms with Crippen LogP contribution in [-0.4, -0.2) is 32.3 Å². The molecule has 0 amide bonds. The number of unbranched alkanes of at least 4 members (excludes halogenated alkanes) is 16. The van der Waals surface area contributed by atoms with Crippen molar-refractivity contribution in [3.63, 3.8) is 0 Å². The number of hydrogen-bond acceptors (Lipinski definition) is 2. The average molecular weight is 356 g/mol. The summed E-state index contributed by atoms with van der Waals surface area (Å²) in [4.78, 5) is 2.17. The molecule has 0 aliphatic heterocycles. The first-order valence-electron chi connectivity index (χ1n) is 11.4. The Kier molecular flexibility index (Phi) is 20.2. The third-order valence-corrected chi connectivity index (χ3v) is 5.40.